The predicted octanol–water partition coefficient (Wildman–Crippen LogP) is 4.53. The average molecular weight is 548 g/mol. The van der Waals surface area contributed by atoms with Crippen LogP contribution in [0.1, 0.15) is 17.5 Å². The van der Waals surface area contributed by atoms with Gasteiger partial charge in [-0.2, -0.15) is 18.4 Å². The van der Waals surface area contributed by atoms with Crippen molar-refractivity contribution in [2.45, 2.75) is 13.1 Å². The van der Waals surface area contributed by atoms with Crippen LogP contribution in [0.5, 0.6) is 17.2 Å². The molecule has 198 valence electrons. The zero-order valence-electron chi connectivity index (χ0n) is 20.0. The van der Waals surface area contributed by atoms with Gasteiger partial charge < -0.3 is 19.5 Å². The van der Waals surface area contributed by atoms with E-state index in [0.717, 1.165) is 0 Å². The van der Waals surface area contributed by atoms with Gasteiger partial charge in [-0.25, -0.2) is 0 Å². The number of halogens is 3. The summed E-state index contributed by atoms with van der Waals surface area (Å²) in [6.07, 6.45) is -3.46. The summed E-state index contributed by atoms with van der Waals surface area (Å²) < 4.78 is 54.6. The standard InChI is InChI=1S/C24H20F3N5O5S/c1-14(33)29-17-4-6-18(7-5-17)36-9-10-37-19-8-3-15(12-20(19)35-2)11-16(13-28)21(34)30-23-32-31-22(38-23)24(25,26)27/h3-8,11-12H,9-10H2,1-2H3,(H,29,33)(H,30,32,34). The first-order valence-corrected chi connectivity index (χ1v) is 11.6. The van der Waals surface area contributed by atoms with Gasteiger partial charge >= 0.3 is 6.18 Å². The molecule has 0 bridgehead atoms. The van der Waals surface area contributed by atoms with Crippen molar-refractivity contribution in [2.75, 3.05) is 31.0 Å². The van der Waals surface area contributed by atoms with Crippen LogP contribution in [-0.2, 0) is 15.8 Å². The largest absolute Gasteiger partial charge is 0.493 e. The van der Waals surface area contributed by atoms with Gasteiger partial charge in [0.25, 0.3) is 5.91 Å². The fraction of sp³-hybridized carbons (Fsp3) is 0.208. The quantitative estimate of drug-likeness (QED) is 0.215. The van der Waals surface area contributed by atoms with Gasteiger partial charge in [0.1, 0.15) is 30.6 Å². The first-order chi connectivity index (χ1) is 18.1. The maximum Gasteiger partial charge on any atom is 0.445 e. The molecule has 10 nitrogen and oxygen atoms in total. The molecule has 14 heteroatoms. The summed E-state index contributed by atoms with van der Waals surface area (Å²) in [5, 5.41) is 18.8. The second-order valence-electron chi connectivity index (χ2n) is 7.35. The molecule has 3 rings (SSSR count). The minimum absolute atomic E-state index is 0.143. The SMILES string of the molecule is COc1cc(C=C(C#N)C(=O)Nc2nnc(C(F)(F)F)s2)ccc1OCCOc1ccc(NC(C)=O)cc1. The van der Waals surface area contributed by atoms with Gasteiger partial charge in [-0.15, -0.1) is 10.2 Å². The van der Waals surface area contributed by atoms with Gasteiger partial charge in [-0.3, -0.25) is 14.9 Å². The molecule has 0 aliphatic rings. The topological polar surface area (TPSA) is 135 Å². The van der Waals surface area contributed by atoms with Crippen LogP contribution in [0.25, 0.3) is 6.08 Å². The van der Waals surface area contributed by atoms with Crippen LogP contribution in [0, 0.1) is 11.3 Å². The van der Waals surface area contributed by atoms with Crippen molar-refractivity contribution in [3.63, 3.8) is 0 Å². The van der Waals surface area contributed by atoms with Crippen LogP contribution in [0.2, 0.25) is 0 Å². The number of benzene rings is 2. The Morgan fingerprint density at radius 2 is 1.76 bits per heavy atom. The van der Waals surface area contributed by atoms with Crippen molar-refractivity contribution in [3.05, 3.63) is 58.6 Å². The minimum atomic E-state index is -4.69. The first-order valence-electron chi connectivity index (χ1n) is 10.7. The number of ether oxygens (including phenoxy) is 3. The van der Waals surface area contributed by atoms with E-state index in [2.05, 4.69) is 20.8 Å². The molecule has 0 spiro atoms. The van der Waals surface area contributed by atoms with Crippen LogP contribution in [0.15, 0.2) is 48.0 Å². The number of rotatable bonds is 10. The van der Waals surface area contributed by atoms with Gasteiger partial charge in [0.05, 0.1) is 7.11 Å². The van der Waals surface area contributed by atoms with Crippen molar-refractivity contribution in [2.24, 2.45) is 0 Å². The lowest BCUT2D eigenvalue weighted by atomic mass is 10.1. The highest BCUT2D eigenvalue weighted by Gasteiger charge is 2.35. The van der Waals surface area contributed by atoms with Crippen molar-refractivity contribution < 1.29 is 37.0 Å². The Morgan fingerprint density at radius 1 is 1.05 bits per heavy atom. The van der Waals surface area contributed by atoms with E-state index < -0.39 is 22.2 Å². The lowest BCUT2D eigenvalue weighted by molar-refractivity contribution is -0.138. The zero-order chi connectivity index (χ0) is 27.7. The molecule has 2 N–H and O–H groups in total. The predicted molar refractivity (Wildman–Crippen MR) is 132 cm³/mol. The third-order valence-corrected chi connectivity index (χ3v) is 5.42. The van der Waals surface area contributed by atoms with Crippen LogP contribution in [0.4, 0.5) is 24.0 Å². The first kappa shape index (κ1) is 27.9. The molecule has 1 heterocycles. The molecule has 1 aromatic heterocycles. The highest BCUT2D eigenvalue weighted by Crippen LogP contribution is 2.33. The second kappa shape index (κ2) is 12.5. The Bertz CT molecular complexity index is 1370. The molecular formula is C24H20F3N5O5S. The number of amides is 2. The number of nitriles is 1. The number of nitrogens with zero attached hydrogens (tertiary/aromatic N) is 3. The van der Waals surface area contributed by atoms with Gasteiger partial charge in [-0.05, 0) is 48.0 Å². The summed E-state index contributed by atoms with van der Waals surface area (Å²) in [6.45, 7) is 1.80. The third-order valence-electron chi connectivity index (χ3n) is 4.54. The maximum atomic E-state index is 12.7. The molecule has 0 saturated carbocycles. The number of anilines is 2. The number of carbonyl (C=O) groups is 2. The summed E-state index contributed by atoms with van der Waals surface area (Å²) in [7, 11) is 1.41. The molecule has 3 aromatic rings. The Hall–Kier alpha value is -4.64. The van der Waals surface area contributed by atoms with Crippen molar-refractivity contribution >= 4 is 40.0 Å². The van der Waals surface area contributed by atoms with Crippen molar-refractivity contribution in [1.29, 1.82) is 5.26 Å². The molecule has 2 amide bonds. The molecule has 0 fully saturated rings. The van der Waals surface area contributed by atoms with E-state index in [1.54, 1.807) is 42.5 Å². The average Bonchev–Trinajstić information content (AvgIpc) is 3.35. The lowest BCUT2D eigenvalue weighted by Gasteiger charge is -2.12. The number of carbonyl (C=O) groups excluding carboxylic acids is 2. The molecule has 2 aromatic carbocycles. The normalized spacial score (nSPS) is 11.3. The highest BCUT2D eigenvalue weighted by molar-refractivity contribution is 7.15. The van der Waals surface area contributed by atoms with Crippen LogP contribution < -0.4 is 24.8 Å². The Balaban J connectivity index is 1.59. The molecule has 0 aliphatic heterocycles. The highest BCUT2D eigenvalue weighted by atomic mass is 32.1. The van der Waals surface area contributed by atoms with E-state index in [4.69, 9.17) is 14.2 Å². The molecule has 0 atom stereocenters. The van der Waals surface area contributed by atoms with E-state index in [9.17, 15) is 28.0 Å². The van der Waals surface area contributed by atoms with Gasteiger partial charge in [-0.1, -0.05) is 17.4 Å². The monoisotopic (exact) mass is 547 g/mol. The minimum Gasteiger partial charge on any atom is -0.493 e. The number of methoxy groups -OCH3 is 1. The number of hydrogen-bond acceptors (Lipinski definition) is 9. The summed E-state index contributed by atoms with van der Waals surface area (Å²) >= 11 is 0.143. The summed E-state index contributed by atoms with van der Waals surface area (Å²) in [5.74, 6) is 0.158. The van der Waals surface area contributed by atoms with Crippen molar-refractivity contribution in [1.82, 2.24) is 10.2 Å². The van der Waals surface area contributed by atoms with Crippen LogP contribution >= 0.6 is 11.3 Å². The summed E-state index contributed by atoms with van der Waals surface area (Å²) in [4.78, 5) is 23.4. The Kier molecular flexibility index (Phi) is 9.23. The molecule has 0 unspecified atom stereocenters. The smallest absolute Gasteiger partial charge is 0.445 e. The van der Waals surface area contributed by atoms with E-state index in [-0.39, 0.29) is 36.0 Å². The molecular weight excluding hydrogens is 527 g/mol. The molecule has 0 radical (unpaired) electrons. The number of aromatic nitrogens is 2. The molecule has 0 saturated heterocycles. The molecule has 38 heavy (non-hydrogen) atoms. The number of nitrogens with one attached hydrogen (secondary N) is 2. The second-order valence-corrected chi connectivity index (χ2v) is 8.32. The molecule has 0 aliphatic carbocycles. The Labute approximate surface area is 218 Å². The maximum absolute atomic E-state index is 12.7. The zero-order valence-corrected chi connectivity index (χ0v) is 20.8. The fourth-order valence-corrected chi connectivity index (χ4v) is 3.52. The van der Waals surface area contributed by atoms with E-state index >= 15 is 0 Å². The van der Waals surface area contributed by atoms with Gasteiger partial charge in [0.15, 0.2) is 11.5 Å². The number of alkyl halides is 3. The Morgan fingerprint density at radius 3 is 2.37 bits per heavy atom. The van der Waals surface area contributed by atoms with Gasteiger partial charge in [0, 0.05) is 12.6 Å². The van der Waals surface area contributed by atoms with Crippen molar-refractivity contribution in [3.8, 4) is 23.3 Å². The van der Waals surface area contributed by atoms with E-state index in [1.807, 2.05) is 0 Å². The lowest BCUT2D eigenvalue weighted by Crippen LogP contribution is -2.13. The van der Waals surface area contributed by atoms with Crippen LogP contribution in [0.3, 0.4) is 0 Å². The van der Waals surface area contributed by atoms with E-state index in [1.165, 1.54) is 26.2 Å². The van der Waals surface area contributed by atoms with Crippen LogP contribution in [-0.4, -0.2) is 42.3 Å². The summed E-state index contributed by atoms with van der Waals surface area (Å²) in [6, 6.07) is 13.2. The van der Waals surface area contributed by atoms with E-state index in [0.29, 0.717) is 28.5 Å². The third kappa shape index (κ3) is 7.93. The number of hydrogen-bond donors (Lipinski definition) is 2. The summed E-state index contributed by atoms with van der Waals surface area (Å²) in [5.41, 5.74) is 0.680. The van der Waals surface area contributed by atoms with Gasteiger partial charge in [0.2, 0.25) is 16.0 Å². The fourth-order valence-electron chi connectivity index (χ4n) is 2.91.